The zero-order valence-corrected chi connectivity index (χ0v) is 10.6. The van der Waals surface area contributed by atoms with Gasteiger partial charge >= 0.3 is 18.1 Å². The Morgan fingerprint density at radius 1 is 1.37 bits per heavy atom. The van der Waals surface area contributed by atoms with Gasteiger partial charge in [-0.2, -0.15) is 13.2 Å². The highest BCUT2D eigenvalue weighted by atomic mass is 19.4. The van der Waals surface area contributed by atoms with Gasteiger partial charge in [0.05, 0.1) is 12.0 Å². The van der Waals surface area contributed by atoms with E-state index in [1.807, 2.05) is 0 Å². The van der Waals surface area contributed by atoms with Crippen LogP contribution in [0.4, 0.5) is 13.2 Å². The van der Waals surface area contributed by atoms with Crippen molar-refractivity contribution in [3.05, 3.63) is 0 Å². The fourth-order valence-corrected chi connectivity index (χ4v) is 2.09. The minimum absolute atomic E-state index is 0.131. The van der Waals surface area contributed by atoms with Gasteiger partial charge in [0.15, 0.2) is 0 Å². The monoisotopic (exact) mass is 283 g/mol. The molecule has 1 saturated heterocycles. The summed E-state index contributed by atoms with van der Waals surface area (Å²) in [5.74, 6) is -4.70. The van der Waals surface area contributed by atoms with E-state index in [1.165, 1.54) is 14.0 Å². The third kappa shape index (κ3) is 4.17. The molecule has 1 aliphatic rings. The Labute approximate surface area is 108 Å². The molecule has 1 fully saturated rings. The highest BCUT2D eigenvalue weighted by molar-refractivity contribution is 5.89. The maximum absolute atomic E-state index is 12.0. The predicted molar refractivity (Wildman–Crippen MR) is 58.1 cm³/mol. The maximum Gasteiger partial charge on any atom is 0.491 e. The molecule has 1 heterocycles. The van der Waals surface area contributed by atoms with Crippen molar-refractivity contribution in [2.24, 2.45) is 5.92 Å². The van der Waals surface area contributed by atoms with Gasteiger partial charge in [0.1, 0.15) is 0 Å². The number of hydrogen-bond donors (Lipinski definition) is 1. The largest absolute Gasteiger partial charge is 0.491 e. The van der Waals surface area contributed by atoms with Gasteiger partial charge in [0.25, 0.3) is 0 Å². The molecule has 0 saturated carbocycles. The van der Waals surface area contributed by atoms with Crippen LogP contribution in [0.5, 0.6) is 0 Å². The Bertz CT molecular complexity index is 339. The lowest BCUT2D eigenvalue weighted by molar-refractivity contribution is -0.204. The van der Waals surface area contributed by atoms with E-state index in [1.54, 1.807) is 0 Å². The van der Waals surface area contributed by atoms with Gasteiger partial charge in [0.2, 0.25) is 0 Å². The second-order valence-corrected chi connectivity index (χ2v) is 4.40. The first-order valence-electron chi connectivity index (χ1n) is 5.86. The molecule has 0 aromatic rings. The van der Waals surface area contributed by atoms with Crippen LogP contribution in [0.15, 0.2) is 0 Å². The minimum atomic E-state index is -5.18. The van der Waals surface area contributed by atoms with Crippen LogP contribution in [0.1, 0.15) is 19.8 Å². The minimum Gasteiger partial charge on any atom is -0.386 e. The van der Waals surface area contributed by atoms with Crippen molar-refractivity contribution in [1.82, 2.24) is 5.32 Å². The van der Waals surface area contributed by atoms with E-state index in [0.717, 1.165) is 19.4 Å². The smallest absolute Gasteiger partial charge is 0.386 e. The molecule has 0 radical (unpaired) electrons. The van der Waals surface area contributed by atoms with E-state index in [2.05, 4.69) is 10.1 Å². The van der Waals surface area contributed by atoms with Crippen LogP contribution >= 0.6 is 0 Å². The number of carbonyl (C=O) groups excluding carboxylic acids is 2. The van der Waals surface area contributed by atoms with Crippen molar-refractivity contribution >= 4 is 11.9 Å². The van der Waals surface area contributed by atoms with E-state index >= 15 is 0 Å². The van der Waals surface area contributed by atoms with Crippen LogP contribution in [0, 0.1) is 5.92 Å². The third-order valence-electron chi connectivity index (χ3n) is 3.06. The quantitative estimate of drug-likeness (QED) is 0.616. The van der Waals surface area contributed by atoms with E-state index in [-0.39, 0.29) is 6.04 Å². The molecule has 1 rings (SSSR count). The number of esters is 2. The van der Waals surface area contributed by atoms with Crippen LogP contribution in [-0.4, -0.2) is 43.9 Å². The average molecular weight is 283 g/mol. The number of carbonyl (C=O) groups is 2. The standard InChI is InChI=1S/C11H16F3NO4/c1-6(8(18-2)7-4-3-5-15-7)9(16)19-10(17)11(12,13)14/h6-8,15H,3-5H2,1-2H3/t6-,7+,8-/m1/s1. The first-order chi connectivity index (χ1) is 8.77. The van der Waals surface area contributed by atoms with E-state index < -0.39 is 30.1 Å². The van der Waals surface area contributed by atoms with Gasteiger partial charge in [0, 0.05) is 13.2 Å². The highest BCUT2D eigenvalue weighted by Gasteiger charge is 2.44. The molecule has 0 spiro atoms. The van der Waals surface area contributed by atoms with Crippen LogP contribution < -0.4 is 5.32 Å². The molecule has 0 bridgehead atoms. The second-order valence-electron chi connectivity index (χ2n) is 4.40. The Kier molecular flexibility index (Phi) is 5.30. The topological polar surface area (TPSA) is 64.6 Å². The number of ether oxygens (including phenoxy) is 2. The Morgan fingerprint density at radius 3 is 2.42 bits per heavy atom. The lowest BCUT2D eigenvalue weighted by Crippen LogP contribution is -2.44. The Morgan fingerprint density at radius 2 is 2.00 bits per heavy atom. The molecule has 0 amide bonds. The zero-order valence-electron chi connectivity index (χ0n) is 10.6. The summed E-state index contributed by atoms with van der Waals surface area (Å²) in [7, 11) is 1.36. The Balaban J connectivity index is 2.61. The number of methoxy groups -OCH3 is 1. The van der Waals surface area contributed by atoms with Crippen molar-refractivity contribution in [3.8, 4) is 0 Å². The van der Waals surface area contributed by atoms with Crippen molar-refractivity contribution in [2.75, 3.05) is 13.7 Å². The lowest BCUT2D eigenvalue weighted by atomic mass is 9.96. The van der Waals surface area contributed by atoms with E-state index in [4.69, 9.17) is 4.74 Å². The zero-order chi connectivity index (χ0) is 14.6. The molecule has 1 aliphatic heterocycles. The van der Waals surface area contributed by atoms with Gasteiger partial charge in [-0.3, -0.25) is 4.79 Å². The van der Waals surface area contributed by atoms with Gasteiger partial charge in [-0.15, -0.1) is 0 Å². The summed E-state index contributed by atoms with van der Waals surface area (Å²) in [6.07, 6.45) is -4.16. The fourth-order valence-electron chi connectivity index (χ4n) is 2.09. The summed E-state index contributed by atoms with van der Waals surface area (Å²) < 4.78 is 44.9. The average Bonchev–Trinajstić information content (AvgIpc) is 2.82. The molecule has 5 nitrogen and oxygen atoms in total. The van der Waals surface area contributed by atoms with Crippen LogP contribution in [0.25, 0.3) is 0 Å². The van der Waals surface area contributed by atoms with Crippen LogP contribution in [-0.2, 0) is 19.1 Å². The van der Waals surface area contributed by atoms with Crippen LogP contribution in [0.3, 0.4) is 0 Å². The number of alkyl halides is 3. The van der Waals surface area contributed by atoms with Crippen LogP contribution in [0.2, 0.25) is 0 Å². The molecule has 0 aliphatic carbocycles. The molecule has 8 heteroatoms. The summed E-state index contributed by atoms with van der Waals surface area (Å²) in [4.78, 5) is 22.1. The highest BCUT2D eigenvalue weighted by Crippen LogP contribution is 2.22. The summed E-state index contributed by atoms with van der Waals surface area (Å²) in [5, 5.41) is 3.09. The summed E-state index contributed by atoms with van der Waals surface area (Å²) in [6, 6.07) is -0.131. The molecular weight excluding hydrogens is 267 g/mol. The number of nitrogens with one attached hydrogen (secondary N) is 1. The lowest BCUT2D eigenvalue weighted by Gasteiger charge is -2.26. The normalized spacial score (nSPS) is 22.9. The van der Waals surface area contributed by atoms with Crippen molar-refractivity contribution in [3.63, 3.8) is 0 Å². The fraction of sp³-hybridized carbons (Fsp3) is 0.818. The molecule has 19 heavy (non-hydrogen) atoms. The van der Waals surface area contributed by atoms with Gasteiger partial charge in [-0.05, 0) is 26.3 Å². The summed E-state index contributed by atoms with van der Waals surface area (Å²) >= 11 is 0. The van der Waals surface area contributed by atoms with Gasteiger partial charge < -0.3 is 14.8 Å². The molecule has 0 unspecified atom stereocenters. The molecule has 1 N–H and O–H groups in total. The van der Waals surface area contributed by atoms with E-state index in [9.17, 15) is 22.8 Å². The van der Waals surface area contributed by atoms with Crippen molar-refractivity contribution in [1.29, 1.82) is 0 Å². The van der Waals surface area contributed by atoms with Gasteiger partial charge in [-0.1, -0.05) is 0 Å². The van der Waals surface area contributed by atoms with Crippen molar-refractivity contribution < 1.29 is 32.2 Å². The first-order valence-corrected chi connectivity index (χ1v) is 5.86. The SMILES string of the molecule is CO[C@@H]([C@@H]1CCCN1)[C@@H](C)C(=O)OC(=O)C(F)(F)F. The predicted octanol–water partition coefficient (Wildman–Crippen LogP) is 1.02. The molecule has 3 atom stereocenters. The number of rotatable bonds is 4. The molecule has 0 aromatic heterocycles. The molecular formula is C11H16F3NO4. The maximum atomic E-state index is 12.0. The number of hydrogen-bond acceptors (Lipinski definition) is 5. The van der Waals surface area contributed by atoms with Crippen molar-refractivity contribution in [2.45, 2.75) is 38.1 Å². The molecule has 0 aromatic carbocycles. The second kappa shape index (κ2) is 6.33. The first kappa shape index (κ1) is 15.9. The summed E-state index contributed by atoms with van der Waals surface area (Å²) in [5.41, 5.74) is 0. The summed E-state index contributed by atoms with van der Waals surface area (Å²) in [6.45, 7) is 2.13. The van der Waals surface area contributed by atoms with Gasteiger partial charge in [-0.25, -0.2) is 4.79 Å². The Hall–Kier alpha value is -1.15. The number of halogens is 3. The molecule has 110 valence electrons. The van der Waals surface area contributed by atoms with E-state index in [0.29, 0.717) is 0 Å². The third-order valence-corrected chi connectivity index (χ3v) is 3.06.